The lowest BCUT2D eigenvalue weighted by Crippen LogP contribution is -2.38. The molecular formula is C19H21FN2O3S. The summed E-state index contributed by atoms with van der Waals surface area (Å²) in [6.07, 6.45) is 2.31. The number of sulfonamides is 1. The topological polar surface area (TPSA) is 80.5 Å². The monoisotopic (exact) mass is 376 g/mol. The highest BCUT2D eigenvalue weighted by Gasteiger charge is 2.29. The lowest BCUT2D eigenvalue weighted by molar-refractivity contribution is 0.100. The fraction of sp³-hybridized carbons (Fsp3) is 0.316. The van der Waals surface area contributed by atoms with Crippen molar-refractivity contribution in [2.75, 3.05) is 13.1 Å². The number of amides is 1. The molecule has 1 saturated heterocycles. The van der Waals surface area contributed by atoms with Gasteiger partial charge in [-0.25, -0.2) is 12.8 Å². The predicted octanol–water partition coefficient (Wildman–Crippen LogP) is 2.57. The molecule has 2 aromatic carbocycles. The van der Waals surface area contributed by atoms with Crippen LogP contribution in [0.4, 0.5) is 4.39 Å². The number of primary amides is 1. The van der Waals surface area contributed by atoms with Crippen LogP contribution in [0.1, 0.15) is 28.8 Å². The maximum Gasteiger partial charge on any atom is 0.248 e. The molecule has 1 amide bonds. The van der Waals surface area contributed by atoms with Crippen molar-refractivity contribution >= 4 is 15.9 Å². The van der Waals surface area contributed by atoms with Crippen molar-refractivity contribution in [3.63, 3.8) is 0 Å². The Balaban J connectivity index is 1.61. The second-order valence-electron chi connectivity index (χ2n) is 6.57. The van der Waals surface area contributed by atoms with E-state index in [0.29, 0.717) is 24.6 Å². The van der Waals surface area contributed by atoms with E-state index in [1.54, 1.807) is 12.1 Å². The summed E-state index contributed by atoms with van der Waals surface area (Å²) in [6, 6.07) is 12.3. The molecule has 0 unspecified atom stereocenters. The summed E-state index contributed by atoms with van der Waals surface area (Å²) in [4.78, 5) is 11.1. The number of rotatable bonds is 5. The molecule has 0 aliphatic carbocycles. The zero-order valence-corrected chi connectivity index (χ0v) is 15.1. The van der Waals surface area contributed by atoms with E-state index >= 15 is 0 Å². The molecule has 3 rings (SSSR count). The number of halogens is 1. The number of nitrogens with zero attached hydrogens (tertiary/aromatic N) is 1. The Labute approximate surface area is 152 Å². The third-order valence-electron chi connectivity index (χ3n) is 4.77. The Morgan fingerprint density at radius 2 is 1.77 bits per heavy atom. The molecule has 5 nitrogen and oxygen atoms in total. The molecule has 138 valence electrons. The second kappa shape index (κ2) is 7.55. The summed E-state index contributed by atoms with van der Waals surface area (Å²) in [5, 5.41) is 0. The first-order valence-corrected chi connectivity index (χ1v) is 9.95. The maximum absolute atomic E-state index is 13.3. The average molecular weight is 376 g/mol. The molecule has 0 bridgehead atoms. The van der Waals surface area contributed by atoms with Crippen LogP contribution >= 0.6 is 0 Å². The van der Waals surface area contributed by atoms with E-state index in [-0.39, 0.29) is 4.90 Å². The van der Waals surface area contributed by atoms with E-state index in [1.165, 1.54) is 22.5 Å². The van der Waals surface area contributed by atoms with Gasteiger partial charge in [0.25, 0.3) is 0 Å². The Hall–Kier alpha value is -2.25. The number of piperidine rings is 1. The van der Waals surface area contributed by atoms with E-state index in [9.17, 15) is 17.6 Å². The minimum Gasteiger partial charge on any atom is -0.366 e. The predicted molar refractivity (Wildman–Crippen MR) is 96.5 cm³/mol. The van der Waals surface area contributed by atoms with Gasteiger partial charge in [0.1, 0.15) is 5.82 Å². The lowest BCUT2D eigenvalue weighted by Gasteiger charge is -2.31. The highest BCUT2D eigenvalue weighted by molar-refractivity contribution is 7.89. The maximum atomic E-state index is 13.3. The molecule has 1 fully saturated rings. The number of hydrogen-bond acceptors (Lipinski definition) is 3. The van der Waals surface area contributed by atoms with Crippen LogP contribution in [0.2, 0.25) is 0 Å². The summed E-state index contributed by atoms with van der Waals surface area (Å²) in [5.41, 5.74) is 6.81. The molecule has 1 aliphatic rings. The molecule has 7 heteroatoms. The summed E-state index contributed by atoms with van der Waals surface area (Å²) in [7, 11) is -3.65. The van der Waals surface area contributed by atoms with Crippen molar-refractivity contribution in [3.05, 3.63) is 65.5 Å². The molecule has 1 heterocycles. The van der Waals surface area contributed by atoms with Crippen LogP contribution in [-0.4, -0.2) is 31.7 Å². The fourth-order valence-corrected chi connectivity index (χ4v) is 4.77. The largest absolute Gasteiger partial charge is 0.366 e. The van der Waals surface area contributed by atoms with Crippen molar-refractivity contribution in [1.82, 2.24) is 4.31 Å². The van der Waals surface area contributed by atoms with Crippen LogP contribution in [0.3, 0.4) is 0 Å². The molecule has 0 spiro atoms. The molecule has 2 aromatic rings. The number of benzene rings is 2. The van der Waals surface area contributed by atoms with Gasteiger partial charge >= 0.3 is 0 Å². The molecule has 1 aliphatic heterocycles. The molecule has 0 aromatic heterocycles. The average Bonchev–Trinajstić information content (AvgIpc) is 2.62. The second-order valence-corrected chi connectivity index (χ2v) is 8.51. The molecule has 0 radical (unpaired) electrons. The van der Waals surface area contributed by atoms with E-state index in [1.807, 2.05) is 12.1 Å². The van der Waals surface area contributed by atoms with Gasteiger partial charge in [-0.2, -0.15) is 4.31 Å². The van der Waals surface area contributed by atoms with Gasteiger partial charge in [-0.05, 0) is 61.1 Å². The van der Waals surface area contributed by atoms with E-state index < -0.39 is 21.7 Å². The Kier molecular flexibility index (Phi) is 5.38. The van der Waals surface area contributed by atoms with Crippen molar-refractivity contribution in [3.8, 4) is 0 Å². The molecule has 2 N–H and O–H groups in total. The van der Waals surface area contributed by atoms with Crippen molar-refractivity contribution < 1.29 is 17.6 Å². The van der Waals surface area contributed by atoms with Gasteiger partial charge < -0.3 is 5.73 Å². The van der Waals surface area contributed by atoms with Crippen molar-refractivity contribution in [2.24, 2.45) is 11.7 Å². The van der Waals surface area contributed by atoms with Crippen LogP contribution in [-0.2, 0) is 16.4 Å². The zero-order valence-electron chi connectivity index (χ0n) is 14.3. The molecule has 0 atom stereocenters. The highest BCUT2D eigenvalue weighted by atomic mass is 32.2. The minimum atomic E-state index is -3.65. The first-order chi connectivity index (χ1) is 12.4. The highest BCUT2D eigenvalue weighted by Crippen LogP contribution is 2.26. The van der Waals surface area contributed by atoms with Gasteiger partial charge in [-0.3, -0.25) is 4.79 Å². The SMILES string of the molecule is NC(=O)c1ccc(CC2CCN(S(=O)(=O)c3cccc(F)c3)CC2)cc1. The number of nitrogens with two attached hydrogens (primary N) is 1. The van der Waals surface area contributed by atoms with Crippen molar-refractivity contribution in [2.45, 2.75) is 24.2 Å². The number of carbonyl (C=O) groups is 1. The lowest BCUT2D eigenvalue weighted by atomic mass is 9.91. The van der Waals surface area contributed by atoms with Gasteiger partial charge in [-0.1, -0.05) is 18.2 Å². The minimum absolute atomic E-state index is 0.00186. The van der Waals surface area contributed by atoms with Crippen LogP contribution in [0.5, 0.6) is 0 Å². The molecular weight excluding hydrogens is 355 g/mol. The molecule has 26 heavy (non-hydrogen) atoms. The van der Waals surface area contributed by atoms with Gasteiger partial charge in [0, 0.05) is 18.7 Å². The smallest absolute Gasteiger partial charge is 0.248 e. The Bertz CT molecular complexity index is 889. The van der Waals surface area contributed by atoms with Gasteiger partial charge in [0.2, 0.25) is 15.9 Å². The standard InChI is InChI=1S/C19H21FN2O3S/c20-17-2-1-3-18(13-17)26(24,25)22-10-8-15(9-11-22)12-14-4-6-16(7-5-14)19(21)23/h1-7,13,15H,8-12H2,(H2,21,23). The summed E-state index contributed by atoms with van der Waals surface area (Å²) >= 11 is 0. The van der Waals surface area contributed by atoms with Gasteiger partial charge in [-0.15, -0.1) is 0 Å². The quantitative estimate of drug-likeness (QED) is 0.871. The van der Waals surface area contributed by atoms with Crippen LogP contribution in [0.15, 0.2) is 53.4 Å². The van der Waals surface area contributed by atoms with Crippen LogP contribution in [0.25, 0.3) is 0 Å². The van der Waals surface area contributed by atoms with E-state index in [0.717, 1.165) is 30.9 Å². The first-order valence-electron chi connectivity index (χ1n) is 8.51. The third-order valence-corrected chi connectivity index (χ3v) is 6.66. The number of carbonyl (C=O) groups excluding carboxylic acids is 1. The normalized spacial score (nSPS) is 16.5. The van der Waals surface area contributed by atoms with Gasteiger partial charge in [0.05, 0.1) is 4.90 Å². The van der Waals surface area contributed by atoms with E-state index in [2.05, 4.69) is 0 Å². The molecule has 0 saturated carbocycles. The Morgan fingerprint density at radius 1 is 1.12 bits per heavy atom. The zero-order chi connectivity index (χ0) is 18.7. The summed E-state index contributed by atoms with van der Waals surface area (Å²) in [5.74, 6) is -0.638. The fourth-order valence-electron chi connectivity index (χ4n) is 3.27. The third kappa shape index (κ3) is 4.11. The Morgan fingerprint density at radius 3 is 2.35 bits per heavy atom. The van der Waals surface area contributed by atoms with Crippen LogP contribution in [0, 0.1) is 11.7 Å². The summed E-state index contributed by atoms with van der Waals surface area (Å²) < 4.78 is 40.0. The number of hydrogen-bond donors (Lipinski definition) is 1. The van der Waals surface area contributed by atoms with Crippen molar-refractivity contribution in [1.29, 1.82) is 0 Å². The first kappa shape index (κ1) is 18.5. The van der Waals surface area contributed by atoms with Gasteiger partial charge in [0.15, 0.2) is 0 Å². The summed E-state index contributed by atoms with van der Waals surface area (Å²) in [6.45, 7) is 0.839. The van der Waals surface area contributed by atoms with Crippen LogP contribution < -0.4 is 5.73 Å². The van der Waals surface area contributed by atoms with E-state index in [4.69, 9.17) is 5.73 Å².